The van der Waals surface area contributed by atoms with Crippen LogP contribution in [0.1, 0.15) is 0 Å². The van der Waals surface area contributed by atoms with Gasteiger partial charge in [0.25, 0.3) is 0 Å². The standard InChI is InChI=1S/C16H21ClN2O5/c1-22-16(21)14-11-23-9-7-19(14)10-15(20)18-6-8-24-13-4-2-12(17)3-5-13/h2-5,14H,6-11H2,1H3,(H,18,20)/t14-/m0/s1. The number of hydrogen-bond acceptors (Lipinski definition) is 6. The van der Waals surface area contributed by atoms with Crippen LogP contribution in [-0.2, 0) is 19.1 Å². The fraction of sp³-hybridized carbons (Fsp3) is 0.500. The van der Waals surface area contributed by atoms with Crippen molar-refractivity contribution in [3.8, 4) is 5.75 Å². The van der Waals surface area contributed by atoms with Crippen molar-refractivity contribution in [1.29, 1.82) is 0 Å². The van der Waals surface area contributed by atoms with E-state index in [4.69, 9.17) is 25.8 Å². The smallest absolute Gasteiger partial charge is 0.325 e. The van der Waals surface area contributed by atoms with Gasteiger partial charge in [0.05, 0.1) is 33.4 Å². The normalized spacial score (nSPS) is 18.0. The number of morpholine rings is 1. The van der Waals surface area contributed by atoms with Gasteiger partial charge in [0.15, 0.2) is 0 Å². The van der Waals surface area contributed by atoms with Crippen LogP contribution in [0.15, 0.2) is 24.3 Å². The summed E-state index contributed by atoms with van der Waals surface area (Å²) in [4.78, 5) is 25.5. The van der Waals surface area contributed by atoms with E-state index in [-0.39, 0.29) is 19.1 Å². The average Bonchev–Trinajstić information content (AvgIpc) is 2.60. The number of rotatable bonds is 7. The van der Waals surface area contributed by atoms with Gasteiger partial charge in [-0.05, 0) is 24.3 Å². The van der Waals surface area contributed by atoms with Crippen molar-refractivity contribution in [2.24, 2.45) is 0 Å². The molecule has 8 heteroatoms. The van der Waals surface area contributed by atoms with Gasteiger partial charge in [0.2, 0.25) is 5.91 Å². The van der Waals surface area contributed by atoms with Crippen molar-refractivity contribution in [1.82, 2.24) is 10.2 Å². The number of methoxy groups -OCH3 is 1. The van der Waals surface area contributed by atoms with Gasteiger partial charge in [-0.3, -0.25) is 14.5 Å². The van der Waals surface area contributed by atoms with Crippen LogP contribution in [-0.4, -0.2) is 69.4 Å². The first kappa shape index (κ1) is 18.5. The summed E-state index contributed by atoms with van der Waals surface area (Å²) < 4.78 is 15.5. The molecule has 2 rings (SSSR count). The predicted molar refractivity (Wildman–Crippen MR) is 88.2 cm³/mol. The van der Waals surface area contributed by atoms with Crippen molar-refractivity contribution >= 4 is 23.5 Å². The molecule has 1 aromatic carbocycles. The van der Waals surface area contributed by atoms with Crippen LogP contribution in [0.5, 0.6) is 5.75 Å². The minimum atomic E-state index is -0.542. The maximum atomic E-state index is 12.0. The monoisotopic (exact) mass is 356 g/mol. The van der Waals surface area contributed by atoms with Crippen molar-refractivity contribution in [2.45, 2.75) is 6.04 Å². The van der Waals surface area contributed by atoms with Gasteiger partial charge in [-0.25, -0.2) is 0 Å². The lowest BCUT2D eigenvalue weighted by Gasteiger charge is -2.32. The molecule has 1 heterocycles. The van der Waals surface area contributed by atoms with E-state index in [2.05, 4.69) is 5.32 Å². The molecule has 0 aliphatic carbocycles. The molecule has 1 fully saturated rings. The molecule has 0 bridgehead atoms. The van der Waals surface area contributed by atoms with Crippen molar-refractivity contribution in [2.75, 3.05) is 46.6 Å². The number of carbonyl (C=O) groups excluding carboxylic acids is 2. The van der Waals surface area contributed by atoms with E-state index >= 15 is 0 Å². The lowest BCUT2D eigenvalue weighted by molar-refractivity contribution is -0.154. The first-order valence-corrected chi connectivity index (χ1v) is 8.02. The molecular formula is C16H21ClN2O5. The minimum absolute atomic E-state index is 0.115. The molecule has 1 aliphatic rings. The molecule has 0 saturated carbocycles. The average molecular weight is 357 g/mol. The number of esters is 1. The molecule has 0 spiro atoms. The molecule has 7 nitrogen and oxygen atoms in total. The van der Waals surface area contributed by atoms with Crippen LogP contribution < -0.4 is 10.1 Å². The number of amides is 1. The summed E-state index contributed by atoms with van der Waals surface area (Å²) >= 11 is 5.79. The van der Waals surface area contributed by atoms with Crippen LogP contribution in [0.2, 0.25) is 5.02 Å². The highest BCUT2D eigenvalue weighted by Gasteiger charge is 2.31. The zero-order valence-corrected chi connectivity index (χ0v) is 14.3. The van der Waals surface area contributed by atoms with E-state index in [9.17, 15) is 9.59 Å². The van der Waals surface area contributed by atoms with Crippen LogP contribution in [0.3, 0.4) is 0 Å². The van der Waals surface area contributed by atoms with Crippen LogP contribution >= 0.6 is 11.6 Å². The van der Waals surface area contributed by atoms with Gasteiger partial charge in [-0.2, -0.15) is 0 Å². The van der Waals surface area contributed by atoms with Gasteiger partial charge >= 0.3 is 5.97 Å². The Hall–Kier alpha value is -1.83. The molecule has 132 valence electrons. The molecule has 1 N–H and O–H groups in total. The highest BCUT2D eigenvalue weighted by Crippen LogP contribution is 2.15. The van der Waals surface area contributed by atoms with E-state index in [0.29, 0.717) is 37.1 Å². The van der Waals surface area contributed by atoms with Crippen LogP contribution in [0.25, 0.3) is 0 Å². The van der Waals surface area contributed by atoms with Gasteiger partial charge in [0, 0.05) is 11.6 Å². The second kappa shape index (κ2) is 9.46. The maximum Gasteiger partial charge on any atom is 0.325 e. The van der Waals surface area contributed by atoms with Gasteiger partial charge in [-0.1, -0.05) is 11.6 Å². The number of carbonyl (C=O) groups is 2. The Balaban J connectivity index is 1.70. The van der Waals surface area contributed by atoms with Gasteiger partial charge < -0.3 is 19.5 Å². The van der Waals surface area contributed by atoms with Gasteiger partial charge in [-0.15, -0.1) is 0 Å². The van der Waals surface area contributed by atoms with Crippen molar-refractivity contribution in [3.63, 3.8) is 0 Å². The topological polar surface area (TPSA) is 77.1 Å². The Kier molecular flexibility index (Phi) is 7.30. The molecule has 0 unspecified atom stereocenters. The van der Waals surface area contributed by atoms with Crippen LogP contribution in [0, 0.1) is 0 Å². The van der Waals surface area contributed by atoms with E-state index in [1.807, 2.05) is 0 Å². The van der Waals surface area contributed by atoms with Crippen molar-refractivity contribution < 1.29 is 23.8 Å². The molecule has 0 radical (unpaired) electrons. The SMILES string of the molecule is COC(=O)[C@@H]1COCCN1CC(=O)NCCOc1ccc(Cl)cc1. The number of halogens is 1. The summed E-state index contributed by atoms with van der Waals surface area (Å²) in [6, 6.07) is 6.46. The fourth-order valence-corrected chi connectivity index (χ4v) is 2.44. The summed E-state index contributed by atoms with van der Waals surface area (Å²) in [5, 5.41) is 3.40. The Morgan fingerprint density at radius 2 is 2.12 bits per heavy atom. The zero-order valence-electron chi connectivity index (χ0n) is 13.5. The lowest BCUT2D eigenvalue weighted by Crippen LogP contribution is -2.53. The maximum absolute atomic E-state index is 12.0. The molecule has 1 atom stereocenters. The summed E-state index contributed by atoms with van der Waals surface area (Å²) in [5.74, 6) is 0.117. The number of hydrogen-bond donors (Lipinski definition) is 1. The second-order valence-electron chi connectivity index (χ2n) is 5.24. The first-order valence-electron chi connectivity index (χ1n) is 7.65. The summed E-state index contributed by atoms with van der Waals surface area (Å²) in [5.41, 5.74) is 0. The van der Waals surface area contributed by atoms with E-state index < -0.39 is 12.0 Å². The third-order valence-electron chi connectivity index (χ3n) is 3.57. The molecule has 1 aliphatic heterocycles. The van der Waals surface area contributed by atoms with Crippen molar-refractivity contribution in [3.05, 3.63) is 29.3 Å². The summed E-state index contributed by atoms with van der Waals surface area (Å²) in [6.45, 7) is 2.06. The number of nitrogens with zero attached hydrogens (tertiary/aromatic N) is 1. The Morgan fingerprint density at radius 3 is 2.83 bits per heavy atom. The Labute approximate surface area is 145 Å². The highest BCUT2D eigenvalue weighted by molar-refractivity contribution is 6.30. The fourth-order valence-electron chi connectivity index (χ4n) is 2.31. The molecule has 1 saturated heterocycles. The third-order valence-corrected chi connectivity index (χ3v) is 3.82. The number of nitrogens with one attached hydrogen (secondary N) is 1. The quantitative estimate of drug-likeness (QED) is 0.572. The predicted octanol–water partition coefficient (Wildman–Crippen LogP) is 0.709. The molecule has 0 aromatic heterocycles. The van der Waals surface area contributed by atoms with E-state index in [1.165, 1.54) is 7.11 Å². The van der Waals surface area contributed by atoms with E-state index in [1.54, 1.807) is 29.2 Å². The summed E-state index contributed by atoms with van der Waals surface area (Å²) in [6.07, 6.45) is 0. The Bertz CT molecular complexity index is 552. The minimum Gasteiger partial charge on any atom is -0.492 e. The van der Waals surface area contributed by atoms with E-state index in [0.717, 1.165) is 0 Å². The zero-order chi connectivity index (χ0) is 17.4. The Morgan fingerprint density at radius 1 is 1.38 bits per heavy atom. The molecule has 1 aromatic rings. The number of benzene rings is 1. The number of ether oxygens (including phenoxy) is 3. The lowest BCUT2D eigenvalue weighted by atomic mass is 10.2. The highest BCUT2D eigenvalue weighted by atomic mass is 35.5. The molecular weight excluding hydrogens is 336 g/mol. The van der Waals surface area contributed by atoms with Gasteiger partial charge in [0.1, 0.15) is 18.4 Å². The molecule has 1 amide bonds. The molecule has 24 heavy (non-hydrogen) atoms. The second-order valence-corrected chi connectivity index (χ2v) is 5.67. The summed E-state index contributed by atoms with van der Waals surface area (Å²) in [7, 11) is 1.32. The first-order chi connectivity index (χ1) is 11.6. The third kappa shape index (κ3) is 5.67. The van der Waals surface area contributed by atoms with Crippen LogP contribution in [0.4, 0.5) is 0 Å². The largest absolute Gasteiger partial charge is 0.492 e.